The molecule has 0 aliphatic carbocycles. The molecule has 5 nitrogen and oxygen atoms in total. The zero-order valence-corrected chi connectivity index (χ0v) is 8.89. The molecule has 2 aromatic heterocycles. The predicted octanol–water partition coefficient (Wildman–Crippen LogP) is 1.78. The number of hydrogen-bond donors (Lipinski definition) is 1. The Morgan fingerprint density at radius 2 is 2.06 bits per heavy atom. The van der Waals surface area contributed by atoms with Crippen molar-refractivity contribution in [2.75, 3.05) is 5.73 Å². The van der Waals surface area contributed by atoms with Crippen molar-refractivity contribution in [3.63, 3.8) is 0 Å². The minimum Gasteiger partial charge on any atom is -0.416 e. The predicted molar refractivity (Wildman–Crippen MR) is 51.7 cm³/mol. The van der Waals surface area contributed by atoms with Crippen LogP contribution in [-0.4, -0.2) is 15.2 Å². The first-order valence-corrected chi connectivity index (χ1v) is 4.97. The lowest BCUT2D eigenvalue weighted by atomic mass is 10.4. The zero-order valence-electron chi connectivity index (χ0n) is 8.07. The van der Waals surface area contributed by atoms with E-state index in [1.807, 2.05) is 0 Å². The van der Waals surface area contributed by atoms with Crippen LogP contribution >= 0.6 is 11.8 Å². The van der Waals surface area contributed by atoms with Crippen LogP contribution in [0.1, 0.15) is 5.89 Å². The molecule has 0 saturated carbocycles. The molecular formula is C8H6F2N4OS. The number of hydrogen-bond acceptors (Lipinski definition) is 6. The first kappa shape index (κ1) is 10.8. The zero-order chi connectivity index (χ0) is 11.7. The summed E-state index contributed by atoms with van der Waals surface area (Å²) < 4.78 is 31.1. The topological polar surface area (TPSA) is 77.8 Å². The molecule has 0 aliphatic rings. The molecule has 0 spiro atoms. The summed E-state index contributed by atoms with van der Waals surface area (Å²) in [5.41, 5.74) is 5.22. The molecule has 0 amide bonds. The second-order valence-electron chi connectivity index (χ2n) is 2.83. The Morgan fingerprint density at radius 1 is 1.31 bits per heavy atom. The van der Waals surface area contributed by atoms with Crippen molar-refractivity contribution in [3.8, 4) is 0 Å². The maximum absolute atomic E-state index is 13.3. The number of nitrogens with zero attached hydrogens (tertiary/aromatic N) is 3. The Balaban J connectivity index is 2.31. The average molecular weight is 244 g/mol. The van der Waals surface area contributed by atoms with E-state index >= 15 is 0 Å². The molecule has 8 heteroatoms. The van der Waals surface area contributed by atoms with Gasteiger partial charge in [-0.05, 0) is 11.8 Å². The minimum atomic E-state index is -0.899. The van der Waals surface area contributed by atoms with E-state index in [0.717, 1.165) is 11.8 Å². The second-order valence-corrected chi connectivity index (χ2v) is 3.77. The maximum Gasteiger partial charge on any atom is 0.283 e. The highest BCUT2D eigenvalue weighted by Gasteiger charge is 2.14. The van der Waals surface area contributed by atoms with Gasteiger partial charge in [0.25, 0.3) is 5.22 Å². The summed E-state index contributed by atoms with van der Waals surface area (Å²) in [5, 5.41) is 7.21. The SMILES string of the molecule is Cc1nnc(Sc2nc(N)c(F)cc2F)o1. The van der Waals surface area contributed by atoms with Gasteiger partial charge in [-0.2, -0.15) is 0 Å². The Labute approximate surface area is 93.1 Å². The molecule has 84 valence electrons. The van der Waals surface area contributed by atoms with Crippen LogP contribution in [0.25, 0.3) is 0 Å². The smallest absolute Gasteiger partial charge is 0.283 e. The van der Waals surface area contributed by atoms with E-state index in [9.17, 15) is 8.78 Å². The molecular weight excluding hydrogens is 238 g/mol. The van der Waals surface area contributed by atoms with Crippen LogP contribution in [0.2, 0.25) is 0 Å². The highest BCUT2D eigenvalue weighted by atomic mass is 32.2. The average Bonchev–Trinajstić information content (AvgIpc) is 2.60. The van der Waals surface area contributed by atoms with Crippen molar-refractivity contribution in [1.82, 2.24) is 15.2 Å². The highest BCUT2D eigenvalue weighted by molar-refractivity contribution is 7.99. The second kappa shape index (κ2) is 4.05. The number of anilines is 1. The molecule has 0 unspecified atom stereocenters. The van der Waals surface area contributed by atoms with Gasteiger partial charge in [0.15, 0.2) is 17.5 Å². The fourth-order valence-corrected chi connectivity index (χ4v) is 1.65. The summed E-state index contributed by atoms with van der Waals surface area (Å²) in [4.78, 5) is 3.54. The molecule has 2 heterocycles. The number of halogens is 2. The van der Waals surface area contributed by atoms with Crippen molar-refractivity contribution >= 4 is 17.6 Å². The molecule has 0 bridgehead atoms. The normalized spacial score (nSPS) is 10.7. The maximum atomic E-state index is 13.3. The van der Waals surface area contributed by atoms with Gasteiger partial charge in [-0.15, -0.1) is 10.2 Å². The minimum absolute atomic E-state index is 0.109. The lowest BCUT2D eigenvalue weighted by molar-refractivity contribution is 0.428. The van der Waals surface area contributed by atoms with Crippen molar-refractivity contribution in [3.05, 3.63) is 23.6 Å². The summed E-state index contributed by atoms with van der Waals surface area (Å²) >= 11 is 0.785. The Morgan fingerprint density at radius 3 is 2.69 bits per heavy atom. The van der Waals surface area contributed by atoms with Gasteiger partial charge in [0.1, 0.15) is 5.03 Å². The van der Waals surface area contributed by atoms with E-state index in [4.69, 9.17) is 10.2 Å². The molecule has 0 radical (unpaired) electrons. The van der Waals surface area contributed by atoms with E-state index in [2.05, 4.69) is 15.2 Å². The van der Waals surface area contributed by atoms with E-state index in [1.165, 1.54) is 0 Å². The molecule has 2 rings (SSSR count). The first-order valence-electron chi connectivity index (χ1n) is 4.15. The third-order valence-electron chi connectivity index (χ3n) is 1.62. The standard InChI is InChI=1S/C8H6F2N4OS/c1-3-13-14-8(15-3)16-7-5(10)2-4(9)6(11)12-7/h2H,1H3,(H2,11,12). The van der Waals surface area contributed by atoms with Gasteiger partial charge in [0.2, 0.25) is 5.89 Å². The van der Waals surface area contributed by atoms with E-state index in [1.54, 1.807) is 6.92 Å². The number of nitrogen functional groups attached to an aromatic ring is 1. The molecule has 0 fully saturated rings. The van der Waals surface area contributed by atoms with Crippen molar-refractivity contribution in [2.24, 2.45) is 0 Å². The number of rotatable bonds is 2. The van der Waals surface area contributed by atoms with Gasteiger partial charge in [-0.3, -0.25) is 0 Å². The lowest BCUT2D eigenvalue weighted by Gasteiger charge is -2.00. The van der Waals surface area contributed by atoms with E-state index < -0.39 is 11.6 Å². The van der Waals surface area contributed by atoms with Crippen LogP contribution in [0.15, 0.2) is 20.7 Å². The molecule has 0 atom stereocenters. The number of aryl methyl sites for hydroxylation is 1. The highest BCUT2D eigenvalue weighted by Crippen LogP contribution is 2.28. The van der Waals surface area contributed by atoms with Crippen LogP contribution < -0.4 is 5.73 Å². The lowest BCUT2D eigenvalue weighted by Crippen LogP contribution is -1.98. The quantitative estimate of drug-likeness (QED) is 0.867. The van der Waals surface area contributed by atoms with E-state index in [0.29, 0.717) is 12.0 Å². The summed E-state index contributed by atoms with van der Waals surface area (Å²) in [6.07, 6.45) is 0. The molecule has 2 aromatic rings. The van der Waals surface area contributed by atoms with Crippen molar-refractivity contribution in [2.45, 2.75) is 17.2 Å². The van der Waals surface area contributed by atoms with Crippen LogP contribution in [0.4, 0.5) is 14.6 Å². The van der Waals surface area contributed by atoms with Crippen LogP contribution in [0.3, 0.4) is 0 Å². The number of aromatic nitrogens is 3. The number of nitrogens with two attached hydrogens (primary N) is 1. The van der Waals surface area contributed by atoms with Crippen LogP contribution in [-0.2, 0) is 0 Å². The molecule has 2 N–H and O–H groups in total. The molecule has 0 aromatic carbocycles. The molecule has 0 saturated heterocycles. The van der Waals surface area contributed by atoms with Crippen molar-refractivity contribution in [1.29, 1.82) is 0 Å². The Bertz CT molecular complexity index is 531. The van der Waals surface area contributed by atoms with Gasteiger partial charge in [-0.1, -0.05) is 0 Å². The summed E-state index contributed by atoms with van der Waals surface area (Å²) in [6.45, 7) is 1.60. The molecule has 16 heavy (non-hydrogen) atoms. The summed E-state index contributed by atoms with van der Waals surface area (Å²) in [5.74, 6) is -1.76. The third-order valence-corrected chi connectivity index (χ3v) is 2.44. The first-order chi connectivity index (χ1) is 7.56. The fourth-order valence-electron chi connectivity index (χ4n) is 0.937. The third kappa shape index (κ3) is 2.11. The monoisotopic (exact) mass is 244 g/mol. The number of pyridine rings is 1. The van der Waals surface area contributed by atoms with Gasteiger partial charge in [0, 0.05) is 13.0 Å². The van der Waals surface area contributed by atoms with Crippen LogP contribution in [0.5, 0.6) is 0 Å². The fraction of sp³-hybridized carbons (Fsp3) is 0.125. The van der Waals surface area contributed by atoms with Crippen LogP contribution in [0, 0.1) is 18.6 Å². The van der Waals surface area contributed by atoms with Crippen molar-refractivity contribution < 1.29 is 13.2 Å². The Hall–Kier alpha value is -1.70. The van der Waals surface area contributed by atoms with Gasteiger partial charge >= 0.3 is 0 Å². The largest absolute Gasteiger partial charge is 0.416 e. The van der Waals surface area contributed by atoms with E-state index in [-0.39, 0.29) is 16.1 Å². The molecule has 0 aliphatic heterocycles. The van der Waals surface area contributed by atoms with Gasteiger partial charge in [0.05, 0.1) is 0 Å². The van der Waals surface area contributed by atoms with Gasteiger partial charge < -0.3 is 10.2 Å². The summed E-state index contributed by atoms with van der Waals surface area (Å²) in [7, 11) is 0. The van der Waals surface area contributed by atoms with Gasteiger partial charge in [-0.25, -0.2) is 13.8 Å². The Kier molecular flexibility index (Phi) is 2.73. The summed E-state index contributed by atoms with van der Waals surface area (Å²) in [6, 6.07) is 0.661.